The standard InChI is InChI=1S/C14H18N4O2S/c1-9(13-16-12(17-20-13)10-2-3-10)18-5-6-19-11(8-18)14-15-4-7-21-14/h4,7,9-11H,2-3,5-6,8H2,1H3. The van der Waals surface area contributed by atoms with Crippen LogP contribution in [0, 0.1) is 0 Å². The highest BCUT2D eigenvalue weighted by molar-refractivity contribution is 7.09. The lowest BCUT2D eigenvalue weighted by Gasteiger charge is -2.34. The molecule has 112 valence electrons. The molecule has 2 aromatic rings. The van der Waals surface area contributed by atoms with Crippen LogP contribution in [-0.2, 0) is 4.74 Å². The summed E-state index contributed by atoms with van der Waals surface area (Å²) in [5.74, 6) is 2.13. The predicted octanol–water partition coefficient (Wildman–Crippen LogP) is 2.54. The Balaban J connectivity index is 1.46. The van der Waals surface area contributed by atoms with Gasteiger partial charge in [-0.05, 0) is 19.8 Å². The summed E-state index contributed by atoms with van der Waals surface area (Å²) in [6, 6.07) is 0.122. The number of morpholine rings is 1. The first-order valence-electron chi connectivity index (χ1n) is 7.40. The molecule has 0 N–H and O–H groups in total. The second kappa shape index (κ2) is 5.47. The van der Waals surface area contributed by atoms with Gasteiger partial charge in [-0.2, -0.15) is 4.98 Å². The molecule has 6 nitrogen and oxygen atoms in total. The van der Waals surface area contributed by atoms with Crippen LogP contribution >= 0.6 is 11.3 Å². The van der Waals surface area contributed by atoms with E-state index in [2.05, 4.69) is 26.9 Å². The molecule has 2 aromatic heterocycles. The van der Waals surface area contributed by atoms with Gasteiger partial charge in [0.1, 0.15) is 11.1 Å². The number of aromatic nitrogens is 3. The van der Waals surface area contributed by atoms with Crippen LogP contribution in [0.25, 0.3) is 0 Å². The van der Waals surface area contributed by atoms with Gasteiger partial charge in [-0.3, -0.25) is 4.90 Å². The van der Waals surface area contributed by atoms with Crippen LogP contribution in [0.5, 0.6) is 0 Å². The van der Waals surface area contributed by atoms with Crippen molar-refractivity contribution in [1.82, 2.24) is 20.0 Å². The minimum absolute atomic E-state index is 0.0482. The van der Waals surface area contributed by atoms with E-state index in [1.165, 1.54) is 12.8 Å². The maximum absolute atomic E-state index is 5.83. The highest BCUT2D eigenvalue weighted by Gasteiger charge is 2.33. The molecule has 4 rings (SSSR count). The molecule has 0 aromatic carbocycles. The molecule has 0 spiro atoms. The van der Waals surface area contributed by atoms with Gasteiger partial charge in [-0.25, -0.2) is 4.98 Å². The average molecular weight is 306 g/mol. The van der Waals surface area contributed by atoms with E-state index >= 15 is 0 Å². The Kier molecular flexibility index (Phi) is 3.48. The zero-order valence-electron chi connectivity index (χ0n) is 11.9. The zero-order chi connectivity index (χ0) is 14.2. The molecule has 7 heteroatoms. The van der Waals surface area contributed by atoms with E-state index in [1.54, 1.807) is 11.3 Å². The monoisotopic (exact) mass is 306 g/mol. The van der Waals surface area contributed by atoms with Gasteiger partial charge >= 0.3 is 0 Å². The molecule has 2 unspecified atom stereocenters. The fourth-order valence-electron chi connectivity index (χ4n) is 2.64. The third kappa shape index (κ3) is 2.73. The maximum Gasteiger partial charge on any atom is 0.243 e. The summed E-state index contributed by atoms with van der Waals surface area (Å²) >= 11 is 1.64. The van der Waals surface area contributed by atoms with Crippen molar-refractivity contribution in [2.45, 2.75) is 37.8 Å². The van der Waals surface area contributed by atoms with Gasteiger partial charge in [-0.1, -0.05) is 5.16 Å². The Labute approximate surface area is 127 Å². The maximum atomic E-state index is 5.83. The lowest BCUT2D eigenvalue weighted by molar-refractivity contribution is -0.0470. The lowest BCUT2D eigenvalue weighted by Crippen LogP contribution is -2.39. The third-order valence-electron chi connectivity index (χ3n) is 4.13. The Morgan fingerprint density at radius 3 is 3.10 bits per heavy atom. The van der Waals surface area contributed by atoms with E-state index in [9.17, 15) is 0 Å². The van der Waals surface area contributed by atoms with Gasteiger partial charge in [0, 0.05) is 30.6 Å². The molecule has 1 saturated heterocycles. The molecular weight excluding hydrogens is 288 g/mol. The number of hydrogen-bond donors (Lipinski definition) is 0. The number of hydrogen-bond acceptors (Lipinski definition) is 7. The van der Waals surface area contributed by atoms with Crippen molar-refractivity contribution >= 4 is 11.3 Å². The number of nitrogens with zero attached hydrogens (tertiary/aromatic N) is 4. The van der Waals surface area contributed by atoms with Gasteiger partial charge in [0.25, 0.3) is 0 Å². The molecule has 3 heterocycles. The predicted molar refractivity (Wildman–Crippen MR) is 77.1 cm³/mol. The molecule has 0 radical (unpaired) electrons. The Morgan fingerprint density at radius 2 is 2.33 bits per heavy atom. The molecule has 1 aliphatic heterocycles. The Morgan fingerprint density at radius 1 is 1.43 bits per heavy atom. The zero-order valence-corrected chi connectivity index (χ0v) is 12.8. The highest BCUT2D eigenvalue weighted by atomic mass is 32.1. The van der Waals surface area contributed by atoms with Crippen LogP contribution < -0.4 is 0 Å². The van der Waals surface area contributed by atoms with Crippen LogP contribution in [0.4, 0.5) is 0 Å². The van der Waals surface area contributed by atoms with E-state index in [0.717, 1.165) is 29.8 Å². The van der Waals surface area contributed by atoms with Gasteiger partial charge in [0.2, 0.25) is 5.89 Å². The van der Waals surface area contributed by atoms with Gasteiger partial charge in [-0.15, -0.1) is 11.3 Å². The fraction of sp³-hybridized carbons (Fsp3) is 0.643. The van der Waals surface area contributed by atoms with Gasteiger partial charge in [0.05, 0.1) is 12.6 Å². The fourth-order valence-corrected chi connectivity index (χ4v) is 3.32. The first kappa shape index (κ1) is 13.4. The van der Waals surface area contributed by atoms with Crippen molar-refractivity contribution in [3.05, 3.63) is 28.3 Å². The lowest BCUT2D eigenvalue weighted by atomic mass is 10.2. The summed E-state index contributed by atoms with van der Waals surface area (Å²) in [5.41, 5.74) is 0. The molecule has 21 heavy (non-hydrogen) atoms. The van der Waals surface area contributed by atoms with E-state index in [1.807, 2.05) is 11.6 Å². The van der Waals surface area contributed by atoms with E-state index < -0.39 is 0 Å². The Hall–Kier alpha value is -1.31. The van der Waals surface area contributed by atoms with Crippen LogP contribution in [0.1, 0.15) is 54.6 Å². The summed E-state index contributed by atoms with van der Waals surface area (Å²) in [6.07, 6.45) is 4.26. The van der Waals surface area contributed by atoms with Crippen molar-refractivity contribution in [2.24, 2.45) is 0 Å². The Bertz CT molecular complexity index is 596. The van der Waals surface area contributed by atoms with E-state index in [-0.39, 0.29) is 12.1 Å². The summed E-state index contributed by atoms with van der Waals surface area (Å²) < 4.78 is 11.3. The van der Waals surface area contributed by atoms with Gasteiger partial charge < -0.3 is 9.26 Å². The van der Waals surface area contributed by atoms with E-state index in [4.69, 9.17) is 9.26 Å². The van der Waals surface area contributed by atoms with Gasteiger partial charge in [0.15, 0.2) is 5.82 Å². The molecular formula is C14H18N4O2S. The highest BCUT2D eigenvalue weighted by Crippen LogP contribution is 2.39. The molecule has 2 atom stereocenters. The molecule has 1 saturated carbocycles. The quantitative estimate of drug-likeness (QED) is 0.865. The van der Waals surface area contributed by atoms with E-state index in [0.29, 0.717) is 12.5 Å². The minimum Gasteiger partial charge on any atom is -0.368 e. The van der Waals surface area contributed by atoms with Crippen LogP contribution in [-0.4, -0.2) is 39.7 Å². The van der Waals surface area contributed by atoms with Crippen LogP contribution in [0.3, 0.4) is 0 Å². The second-order valence-electron chi connectivity index (χ2n) is 5.67. The molecule has 0 amide bonds. The van der Waals surface area contributed by atoms with Crippen molar-refractivity contribution in [1.29, 1.82) is 0 Å². The average Bonchev–Trinajstić information content (AvgIpc) is 3.05. The van der Waals surface area contributed by atoms with Crippen LogP contribution in [0.2, 0.25) is 0 Å². The summed E-state index contributed by atoms with van der Waals surface area (Å²) in [4.78, 5) is 11.3. The van der Waals surface area contributed by atoms with Crippen molar-refractivity contribution < 1.29 is 9.26 Å². The first-order valence-corrected chi connectivity index (χ1v) is 8.28. The summed E-state index contributed by atoms with van der Waals surface area (Å²) in [5, 5.41) is 7.13. The number of thiazole rings is 1. The van der Waals surface area contributed by atoms with Crippen molar-refractivity contribution in [2.75, 3.05) is 19.7 Å². The summed E-state index contributed by atoms with van der Waals surface area (Å²) in [6.45, 7) is 4.52. The second-order valence-corrected chi connectivity index (χ2v) is 6.59. The minimum atomic E-state index is 0.0482. The largest absolute Gasteiger partial charge is 0.368 e. The SMILES string of the molecule is CC(c1nc(C2CC2)no1)N1CCOC(c2nccs2)C1. The number of rotatable bonds is 4. The molecule has 2 fully saturated rings. The number of ether oxygens (including phenoxy) is 1. The summed E-state index contributed by atoms with van der Waals surface area (Å²) in [7, 11) is 0. The van der Waals surface area contributed by atoms with Crippen LogP contribution in [0.15, 0.2) is 16.1 Å². The molecule has 1 aliphatic carbocycles. The smallest absolute Gasteiger partial charge is 0.243 e. The molecule has 0 bridgehead atoms. The third-order valence-corrected chi connectivity index (χ3v) is 5.00. The first-order chi connectivity index (χ1) is 10.3. The van der Waals surface area contributed by atoms with Crippen molar-refractivity contribution in [3.63, 3.8) is 0 Å². The topological polar surface area (TPSA) is 64.3 Å². The normalized spacial score (nSPS) is 25.1. The van der Waals surface area contributed by atoms with Crippen molar-refractivity contribution in [3.8, 4) is 0 Å². The molecule has 2 aliphatic rings.